The van der Waals surface area contributed by atoms with Crippen LogP contribution in [0.5, 0.6) is 5.75 Å². The van der Waals surface area contributed by atoms with Crippen molar-refractivity contribution < 1.29 is 18.7 Å². The van der Waals surface area contributed by atoms with E-state index in [-0.39, 0.29) is 24.2 Å². The number of fused-ring (bicyclic) bond motifs is 1. The molecule has 0 fully saturated rings. The van der Waals surface area contributed by atoms with Crippen LogP contribution in [0.15, 0.2) is 77.2 Å². The number of hydrogen-bond acceptors (Lipinski definition) is 5. The molecule has 1 heterocycles. The van der Waals surface area contributed by atoms with Gasteiger partial charge in [-0.15, -0.1) is 0 Å². The van der Waals surface area contributed by atoms with Crippen molar-refractivity contribution in [3.8, 4) is 5.75 Å². The zero-order valence-electron chi connectivity index (χ0n) is 17.6. The van der Waals surface area contributed by atoms with Crippen LogP contribution >= 0.6 is 0 Å². The summed E-state index contributed by atoms with van der Waals surface area (Å²) in [6, 6.07) is 21.3. The highest BCUT2D eigenvalue weighted by Crippen LogP contribution is 2.21. The van der Waals surface area contributed by atoms with E-state index in [0.717, 1.165) is 10.9 Å². The SMILES string of the molecule is Cc1ccc2oc(C(=O)NCCOc3ccc(C(=O)Nc4ccccc4N)cc3)cc2c1. The minimum absolute atomic E-state index is 0.261. The summed E-state index contributed by atoms with van der Waals surface area (Å²) in [5, 5.41) is 6.45. The third-order valence-corrected chi connectivity index (χ3v) is 4.88. The number of aryl methyl sites for hydroxylation is 1. The smallest absolute Gasteiger partial charge is 0.287 e. The summed E-state index contributed by atoms with van der Waals surface area (Å²) in [7, 11) is 0. The van der Waals surface area contributed by atoms with Gasteiger partial charge in [-0.1, -0.05) is 23.8 Å². The highest BCUT2D eigenvalue weighted by atomic mass is 16.5. The predicted molar refractivity (Wildman–Crippen MR) is 124 cm³/mol. The van der Waals surface area contributed by atoms with Crippen LogP contribution in [0.2, 0.25) is 0 Å². The lowest BCUT2D eigenvalue weighted by Gasteiger charge is -2.09. The van der Waals surface area contributed by atoms with E-state index >= 15 is 0 Å². The summed E-state index contributed by atoms with van der Waals surface area (Å²) in [5.41, 5.74) is 9.18. The number of para-hydroxylation sites is 2. The van der Waals surface area contributed by atoms with Gasteiger partial charge in [0.05, 0.1) is 17.9 Å². The molecule has 32 heavy (non-hydrogen) atoms. The molecule has 0 aliphatic rings. The molecule has 7 heteroatoms. The van der Waals surface area contributed by atoms with Gasteiger partial charge in [0.1, 0.15) is 17.9 Å². The fourth-order valence-corrected chi connectivity index (χ4v) is 3.20. The zero-order valence-corrected chi connectivity index (χ0v) is 17.6. The van der Waals surface area contributed by atoms with Crippen molar-refractivity contribution in [3.63, 3.8) is 0 Å². The van der Waals surface area contributed by atoms with Gasteiger partial charge in [0, 0.05) is 10.9 Å². The summed E-state index contributed by atoms with van der Waals surface area (Å²) < 4.78 is 11.2. The first kappa shape index (κ1) is 21.0. The number of amides is 2. The second kappa shape index (κ2) is 9.26. The summed E-state index contributed by atoms with van der Waals surface area (Å²) in [6.07, 6.45) is 0. The van der Waals surface area contributed by atoms with Crippen LogP contribution in [0.1, 0.15) is 26.5 Å². The number of nitrogen functional groups attached to an aromatic ring is 1. The quantitative estimate of drug-likeness (QED) is 0.298. The number of benzene rings is 3. The standard InChI is InChI=1S/C25H23N3O4/c1-16-6-11-22-18(14-16)15-23(32-22)25(30)27-12-13-31-19-9-7-17(8-10-19)24(29)28-21-5-3-2-4-20(21)26/h2-11,14-15H,12-13,26H2,1H3,(H,27,30)(H,28,29). The van der Waals surface area contributed by atoms with E-state index in [1.165, 1.54) is 0 Å². The third kappa shape index (κ3) is 4.89. The molecule has 0 aliphatic heterocycles. The molecular weight excluding hydrogens is 406 g/mol. The largest absolute Gasteiger partial charge is 0.492 e. The van der Waals surface area contributed by atoms with Crippen LogP contribution in [-0.2, 0) is 0 Å². The van der Waals surface area contributed by atoms with E-state index in [9.17, 15) is 9.59 Å². The van der Waals surface area contributed by atoms with Gasteiger partial charge in [-0.05, 0) is 61.5 Å². The van der Waals surface area contributed by atoms with Gasteiger partial charge in [0.15, 0.2) is 5.76 Å². The van der Waals surface area contributed by atoms with E-state index in [0.29, 0.717) is 34.8 Å². The van der Waals surface area contributed by atoms with E-state index in [4.69, 9.17) is 14.9 Å². The highest BCUT2D eigenvalue weighted by molar-refractivity contribution is 6.05. The van der Waals surface area contributed by atoms with Crippen molar-refractivity contribution in [1.82, 2.24) is 5.32 Å². The summed E-state index contributed by atoms with van der Waals surface area (Å²) in [5.74, 6) is 0.298. The molecule has 0 spiro atoms. The first-order valence-electron chi connectivity index (χ1n) is 10.2. The van der Waals surface area contributed by atoms with Crippen LogP contribution in [0.25, 0.3) is 11.0 Å². The number of carbonyl (C=O) groups is 2. The fraction of sp³-hybridized carbons (Fsp3) is 0.120. The van der Waals surface area contributed by atoms with Gasteiger partial charge in [-0.25, -0.2) is 0 Å². The fourth-order valence-electron chi connectivity index (χ4n) is 3.20. The number of nitrogens with one attached hydrogen (secondary N) is 2. The van der Waals surface area contributed by atoms with Gasteiger partial charge in [-0.3, -0.25) is 9.59 Å². The van der Waals surface area contributed by atoms with E-state index in [1.54, 1.807) is 54.6 Å². The minimum atomic E-state index is -0.297. The Balaban J connectivity index is 1.25. The lowest BCUT2D eigenvalue weighted by molar-refractivity contribution is 0.0921. The number of rotatable bonds is 7. The maximum absolute atomic E-state index is 12.4. The average molecular weight is 429 g/mol. The second-order valence-electron chi connectivity index (χ2n) is 7.32. The molecule has 1 aromatic heterocycles. The van der Waals surface area contributed by atoms with Gasteiger partial charge in [0.25, 0.3) is 11.8 Å². The van der Waals surface area contributed by atoms with Crippen LogP contribution in [0, 0.1) is 6.92 Å². The van der Waals surface area contributed by atoms with Crippen molar-refractivity contribution >= 4 is 34.2 Å². The van der Waals surface area contributed by atoms with Gasteiger partial charge < -0.3 is 25.5 Å². The molecule has 4 aromatic rings. The Hall–Kier alpha value is -4.26. The molecule has 4 N–H and O–H groups in total. The van der Waals surface area contributed by atoms with Crippen molar-refractivity contribution in [3.05, 3.63) is 89.7 Å². The number of nitrogens with two attached hydrogens (primary N) is 1. The lowest BCUT2D eigenvalue weighted by atomic mass is 10.2. The van der Waals surface area contributed by atoms with E-state index < -0.39 is 0 Å². The number of ether oxygens (including phenoxy) is 1. The van der Waals surface area contributed by atoms with E-state index in [1.807, 2.05) is 25.1 Å². The molecule has 2 amide bonds. The number of carbonyl (C=O) groups excluding carboxylic acids is 2. The van der Waals surface area contributed by atoms with Crippen LogP contribution in [0.3, 0.4) is 0 Å². The summed E-state index contributed by atoms with van der Waals surface area (Å²) in [4.78, 5) is 24.7. The Morgan fingerprint density at radius 2 is 1.75 bits per heavy atom. The van der Waals surface area contributed by atoms with Crippen molar-refractivity contribution in [1.29, 1.82) is 0 Å². The van der Waals surface area contributed by atoms with Gasteiger partial charge in [0.2, 0.25) is 0 Å². The Labute approximate surface area is 185 Å². The highest BCUT2D eigenvalue weighted by Gasteiger charge is 2.12. The zero-order chi connectivity index (χ0) is 22.5. The Kier molecular flexibility index (Phi) is 6.07. The normalized spacial score (nSPS) is 10.7. The molecule has 4 rings (SSSR count). The number of anilines is 2. The maximum atomic E-state index is 12.4. The second-order valence-corrected chi connectivity index (χ2v) is 7.32. The summed E-state index contributed by atoms with van der Waals surface area (Å²) in [6.45, 7) is 2.57. The average Bonchev–Trinajstić information content (AvgIpc) is 3.22. The molecule has 0 bridgehead atoms. The van der Waals surface area contributed by atoms with Gasteiger partial charge in [-0.2, -0.15) is 0 Å². The molecule has 0 saturated heterocycles. The summed E-state index contributed by atoms with van der Waals surface area (Å²) >= 11 is 0. The first-order valence-corrected chi connectivity index (χ1v) is 10.2. The molecule has 162 valence electrons. The number of hydrogen-bond donors (Lipinski definition) is 3. The van der Waals surface area contributed by atoms with Gasteiger partial charge >= 0.3 is 0 Å². The first-order chi connectivity index (χ1) is 15.5. The molecule has 0 unspecified atom stereocenters. The Morgan fingerprint density at radius 1 is 0.969 bits per heavy atom. The Morgan fingerprint density at radius 3 is 2.53 bits per heavy atom. The maximum Gasteiger partial charge on any atom is 0.287 e. The predicted octanol–water partition coefficient (Wildman–Crippen LogP) is 4.38. The van der Waals surface area contributed by atoms with Crippen molar-refractivity contribution in [2.75, 3.05) is 24.2 Å². The van der Waals surface area contributed by atoms with Crippen LogP contribution < -0.4 is 21.1 Å². The number of furan rings is 1. The lowest BCUT2D eigenvalue weighted by Crippen LogP contribution is -2.27. The molecule has 3 aromatic carbocycles. The third-order valence-electron chi connectivity index (χ3n) is 4.88. The Bertz CT molecular complexity index is 1260. The molecule has 7 nitrogen and oxygen atoms in total. The van der Waals surface area contributed by atoms with Crippen LogP contribution in [-0.4, -0.2) is 25.0 Å². The topological polar surface area (TPSA) is 107 Å². The monoisotopic (exact) mass is 429 g/mol. The van der Waals surface area contributed by atoms with Crippen LogP contribution in [0.4, 0.5) is 11.4 Å². The van der Waals surface area contributed by atoms with E-state index in [2.05, 4.69) is 10.6 Å². The molecule has 0 saturated carbocycles. The van der Waals surface area contributed by atoms with Crippen molar-refractivity contribution in [2.45, 2.75) is 6.92 Å². The molecule has 0 radical (unpaired) electrons. The van der Waals surface area contributed by atoms with Crippen molar-refractivity contribution in [2.24, 2.45) is 0 Å². The molecule has 0 atom stereocenters. The molecular formula is C25H23N3O4. The minimum Gasteiger partial charge on any atom is -0.492 e. The molecule has 0 aliphatic carbocycles.